The molecule has 27 heavy (non-hydrogen) atoms. The summed E-state index contributed by atoms with van der Waals surface area (Å²) in [7, 11) is 0. The maximum absolute atomic E-state index is 12.0. The zero-order valence-electron chi connectivity index (χ0n) is 14.4. The molecule has 1 atom stereocenters. The van der Waals surface area contributed by atoms with E-state index in [4.69, 9.17) is 4.74 Å². The highest BCUT2D eigenvalue weighted by Gasteiger charge is 2.23. The predicted octanol–water partition coefficient (Wildman–Crippen LogP) is 2.15. The average Bonchev–Trinajstić information content (AvgIpc) is 3.14. The Morgan fingerprint density at radius 3 is 2.89 bits per heavy atom. The van der Waals surface area contributed by atoms with Crippen LogP contribution in [0.15, 0.2) is 60.4 Å². The summed E-state index contributed by atoms with van der Waals surface area (Å²) in [5.41, 5.74) is 2.95. The SMILES string of the molecule is O=C(CSc1ncccn1)NC[C@@H]1Cc2cc(-c3cnccn3)ccc2O1. The topological polar surface area (TPSA) is 89.9 Å². The fourth-order valence-corrected chi connectivity index (χ4v) is 3.44. The van der Waals surface area contributed by atoms with Crippen LogP contribution in [0.4, 0.5) is 0 Å². The van der Waals surface area contributed by atoms with Crippen molar-refractivity contribution >= 4 is 17.7 Å². The molecule has 1 aliphatic rings. The molecule has 0 spiro atoms. The first kappa shape index (κ1) is 17.4. The number of carbonyl (C=O) groups is 1. The minimum absolute atomic E-state index is 0.0627. The van der Waals surface area contributed by atoms with E-state index < -0.39 is 0 Å². The van der Waals surface area contributed by atoms with E-state index in [9.17, 15) is 4.79 Å². The normalized spacial score (nSPS) is 15.0. The molecule has 0 unspecified atom stereocenters. The third-order valence-electron chi connectivity index (χ3n) is 4.06. The molecule has 0 saturated carbocycles. The van der Waals surface area contributed by atoms with Gasteiger partial charge in [0.15, 0.2) is 5.16 Å². The number of aromatic nitrogens is 4. The van der Waals surface area contributed by atoms with E-state index in [1.807, 2.05) is 12.1 Å². The number of ether oxygens (including phenoxy) is 1. The first-order valence-corrected chi connectivity index (χ1v) is 9.49. The van der Waals surface area contributed by atoms with Crippen LogP contribution in [0.2, 0.25) is 0 Å². The molecule has 1 N–H and O–H groups in total. The second-order valence-electron chi connectivity index (χ2n) is 5.98. The maximum atomic E-state index is 12.0. The van der Waals surface area contributed by atoms with Gasteiger partial charge in [-0.1, -0.05) is 11.8 Å². The smallest absolute Gasteiger partial charge is 0.230 e. The van der Waals surface area contributed by atoms with Gasteiger partial charge >= 0.3 is 0 Å². The van der Waals surface area contributed by atoms with Crippen LogP contribution in [0, 0.1) is 0 Å². The Hall–Kier alpha value is -3.00. The number of amides is 1. The minimum Gasteiger partial charge on any atom is -0.488 e. The second kappa shape index (κ2) is 8.13. The number of benzene rings is 1. The van der Waals surface area contributed by atoms with Gasteiger partial charge in [0.2, 0.25) is 5.91 Å². The largest absolute Gasteiger partial charge is 0.488 e. The summed E-state index contributed by atoms with van der Waals surface area (Å²) in [6, 6.07) is 7.74. The van der Waals surface area contributed by atoms with Crippen molar-refractivity contribution in [3.63, 3.8) is 0 Å². The fraction of sp³-hybridized carbons (Fsp3) is 0.211. The molecule has 1 aromatic carbocycles. The van der Waals surface area contributed by atoms with Crippen molar-refractivity contribution in [3.8, 4) is 17.0 Å². The van der Waals surface area contributed by atoms with Gasteiger partial charge in [0, 0.05) is 36.8 Å². The molecule has 0 saturated heterocycles. The van der Waals surface area contributed by atoms with E-state index >= 15 is 0 Å². The van der Waals surface area contributed by atoms with Gasteiger partial charge in [-0.2, -0.15) is 0 Å². The van der Waals surface area contributed by atoms with Crippen molar-refractivity contribution in [2.45, 2.75) is 17.7 Å². The number of fused-ring (bicyclic) bond motifs is 1. The molecule has 1 amide bonds. The summed E-state index contributed by atoms with van der Waals surface area (Å²) >= 11 is 1.31. The summed E-state index contributed by atoms with van der Waals surface area (Å²) < 4.78 is 5.93. The van der Waals surface area contributed by atoms with Gasteiger partial charge in [0.25, 0.3) is 0 Å². The highest BCUT2D eigenvalue weighted by atomic mass is 32.2. The minimum atomic E-state index is -0.0703. The lowest BCUT2D eigenvalue weighted by Gasteiger charge is -2.11. The molecule has 0 aliphatic carbocycles. The first-order chi connectivity index (χ1) is 13.3. The Morgan fingerprint density at radius 1 is 1.19 bits per heavy atom. The molecule has 0 radical (unpaired) electrons. The summed E-state index contributed by atoms with van der Waals surface area (Å²) in [4.78, 5) is 28.6. The Balaban J connectivity index is 1.29. The number of carbonyl (C=O) groups excluding carboxylic acids is 1. The molecule has 2 aromatic heterocycles. The molecule has 4 rings (SSSR count). The lowest BCUT2D eigenvalue weighted by atomic mass is 10.0. The number of nitrogens with one attached hydrogen (secondary N) is 1. The molecule has 3 aromatic rings. The van der Waals surface area contributed by atoms with Crippen LogP contribution in [0.1, 0.15) is 5.56 Å². The maximum Gasteiger partial charge on any atom is 0.230 e. The van der Waals surface area contributed by atoms with Crippen LogP contribution in [0.3, 0.4) is 0 Å². The van der Waals surface area contributed by atoms with Gasteiger partial charge in [-0.3, -0.25) is 14.8 Å². The lowest BCUT2D eigenvalue weighted by molar-refractivity contribution is -0.118. The summed E-state index contributed by atoms with van der Waals surface area (Å²) in [6.07, 6.45) is 9.07. The lowest BCUT2D eigenvalue weighted by Crippen LogP contribution is -2.35. The monoisotopic (exact) mass is 379 g/mol. The van der Waals surface area contributed by atoms with E-state index in [0.717, 1.165) is 29.0 Å². The Morgan fingerprint density at radius 2 is 2.07 bits per heavy atom. The van der Waals surface area contributed by atoms with E-state index in [2.05, 4.69) is 31.3 Å². The van der Waals surface area contributed by atoms with Gasteiger partial charge in [-0.15, -0.1) is 0 Å². The van der Waals surface area contributed by atoms with Crippen LogP contribution < -0.4 is 10.1 Å². The number of hydrogen-bond acceptors (Lipinski definition) is 7. The highest BCUT2D eigenvalue weighted by molar-refractivity contribution is 7.99. The molecular weight excluding hydrogens is 362 g/mol. The van der Waals surface area contributed by atoms with E-state index in [1.165, 1.54) is 11.8 Å². The molecule has 3 heterocycles. The Labute approximate surface area is 160 Å². The van der Waals surface area contributed by atoms with Crippen molar-refractivity contribution in [2.75, 3.05) is 12.3 Å². The second-order valence-corrected chi connectivity index (χ2v) is 6.92. The summed E-state index contributed by atoms with van der Waals surface area (Å²) in [5, 5.41) is 3.50. The fourth-order valence-electron chi connectivity index (χ4n) is 2.81. The standard InChI is InChI=1S/C19H17N5O2S/c25-18(12-27-19-22-4-1-5-23-19)24-10-15-9-14-8-13(2-3-17(14)26-15)16-11-20-6-7-21-16/h1-8,11,15H,9-10,12H2,(H,24,25)/t15-/m0/s1. The van der Waals surface area contributed by atoms with Crippen LogP contribution >= 0.6 is 11.8 Å². The molecule has 136 valence electrons. The van der Waals surface area contributed by atoms with Gasteiger partial charge < -0.3 is 10.1 Å². The van der Waals surface area contributed by atoms with Crippen LogP contribution in [0.5, 0.6) is 5.75 Å². The quantitative estimate of drug-likeness (QED) is 0.518. The summed E-state index contributed by atoms with van der Waals surface area (Å²) in [6.45, 7) is 0.462. The average molecular weight is 379 g/mol. The number of nitrogens with zero attached hydrogens (tertiary/aromatic N) is 4. The van der Waals surface area contributed by atoms with E-state index in [1.54, 1.807) is 37.1 Å². The van der Waals surface area contributed by atoms with Crippen LogP contribution in [-0.2, 0) is 11.2 Å². The molecule has 7 nitrogen and oxygen atoms in total. The number of thioether (sulfide) groups is 1. The Kier molecular flexibility index (Phi) is 5.24. The van der Waals surface area contributed by atoms with Gasteiger partial charge in [0.05, 0.1) is 24.2 Å². The summed E-state index contributed by atoms with van der Waals surface area (Å²) in [5.74, 6) is 1.07. The van der Waals surface area contributed by atoms with Gasteiger partial charge in [-0.05, 0) is 29.8 Å². The van der Waals surface area contributed by atoms with E-state index in [0.29, 0.717) is 11.7 Å². The third kappa shape index (κ3) is 4.40. The molecule has 0 bridgehead atoms. The van der Waals surface area contributed by atoms with Crippen molar-refractivity contribution in [3.05, 3.63) is 60.8 Å². The zero-order chi connectivity index (χ0) is 18.5. The third-order valence-corrected chi connectivity index (χ3v) is 4.94. The van der Waals surface area contributed by atoms with Crippen LogP contribution in [0.25, 0.3) is 11.3 Å². The predicted molar refractivity (Wildman–Crippen MR) is 101 cm³/mol. The number of rotatable bonds is 6. The van der Waals surface area contributed by atoms with Gasteiger partial charge in [-0.25, -0.2) is 9.97 Å². The molecule has 1 aliphatic heterocycles. The molecule has 0 fully saturated rings. The van der Waals surface area contributed by atoms with Crippen molar-refractivity contribution < 1.29 is 9.53 Å². The first-order valence-electron chi connectivity index (χ1n) is 8.50. The van der Waals surface area contributed by atoms with Crippen LogP contribution in [-0.4, -0.2) is 44.2 Å². The van der Waals surface area contributed by atoms with Crippen molar-refractivity contribution in [2.24, 2.45) is 0 Å². The van der Waals surface area contributed by atoms with Crippen molar-refractivity contribution in [1.82, 2.24) is 25.3 Å². The zero-order valence-corrected chi connectivity index (χ0v) is 15.2. The molecular formula is C19H17N5O2S. The Bertz CT molecular complexity index is 924. The highest BCUT2D eigenvalue weighted by Crippen LogP contribution is 2.32. The van der Waals surface area contributed by atoms with Gasteiger partial charge in [0.1, 0.15) is 11.9 Å². The van der Waals surface area contributed by atoms with E-state index in [-0.39, 0.29) is 17.8 Å². The number of hydrogen-bond donors (Lipinski definition) is 1. The molecule has 8 heteroatoms. The van der Waals surface area contributed by atoms with Crippen molar-refractivity contribution in [1.29, 1.82) is 0 Å².